The van der Waals surface area contributed by atoms with Gasteiger partial charge in [-0.1, -0.05) is 0 Å². The van der Waals surface area contributed by atoms with Gasteiger partial charge in [-0.2, -0.15) is 0 Å². The molecule has 7 nitrogen and oxygen atoms in total. The molecule has 136 valence electrons. The number of hydrogen-bond donors (Lipinski definition) is 4. The lowest BCUT2D eigenvalue weighted by molar-refractivity contribution is 0.0812. The first-order valence-corrected chi connectivity index (χ1v) is 8.65. The number of aromatic nitrogens is 2. The van der Waals surface area contributed by atoms with Gasteiger partial charge in [-0.15, -0.1) is 0 Å². The Balaban J connectivity index is 1.85. The van der Waals surface area contributed by atoms with E-state index in [1.165, 1.54) is 6.21 Å². The molecule has 0 aliphatic carbocycles. The molecule has 2 aromatic heterocycles. The van der Waals surface area contributed by atoms with Gasteiger partial charge in [0.1, 0.15) is 5.82 Å². The Hall–Kier alpha value is -2.93. The molecule has 0 spiro atoms. The van der Waals surface area contributed by atoms with Gasteiger partial charge < -0.3 is 26.5 Å². The third-order valence-corrected chi connectivity index (χ3v) is 4.43. The van der Waals surface area contributed by atoms with E-state index in [-0.39, 0.29) is 0 Å². The maximum absolute atomic E-state index is 7.76. The number of anilines is 2. The molecule has 0 radical (unpaired) electrons. The minimum absolute atomic E-state index is 0.371. The van der Waals surface area contributed by atoms with E-state index >= 15 is 0 Å². The lowest BCUT2D eigenvalue weighted by atomic mass is 10.0. The first-order chi connectivity index (χ1) is 12.7. The van der Waals surface area contributed by atoms with Gasteiger partial charge in [-0.25, -0.2) is 4.98 Å². The SMILES string of the molecule is CNc1ccc(-c2cc(/C(C=N)=C/NC3CCOCC3)cnc2N)nc1. The molecular weight excluding hydrogens is 328 g/mol. The van der Waals surface area contributed by atoms with E-state index in [2.05, 4.69) is 20.6 Å². The zero-order chi connectivity index (χ0) is 18.4. The zero-order valence-electron chi connectivity index (χ0n) is 14.8. The maximum Gasteiger partial charge on any atom is 0.132 e. The van der Waals surface area contributed by atoms with Crippen molar-refractivity contribution in [3.63, 3.8) is 0 Å². The Morgan fingerprint density at radius 3 is 2.73 bits per heavy atom. The second-order valence-electron chi connectivity index (χ2n) is 6.14. The van der Waals surface area contributed by atoms with Crippen LogP contribution in [-0.2, 0) is 4.74 Å². The van der Waals surface area contributed by atoms with Crippen LogP contribution < -0.4 is 16.4 Å². The Labute approximate surface area is 153 Å². The molecule has 1 fully saturated rings. The van der Waals surface area contributed by atoms with E-state index in [1.807, 2.05) is 31.4 Å². The third-order valence-electron chi connectivity index (χ3n) is 4.43. The van der Waals surface area contributed by atoms with Gasteiger partial charge in [0.15, 0.2) is 0 Å². The fourth-order valence-corrected chi connectivity index (χ4v) is 2.82. The molecule has 0 unspecified atom stereocenters. The summed E-state index contributed by atoms with van der Waals surface area (Å²) in [6.45, 7) is 1.54. The summed E-state index contributed by atoms with van der Waals surface area (Å²) in [6.07, 6.45) is 8.56. The van der Waals surface area contributed by atoms with Crippen molar-refractivity contribution in [3.05, 3.63) is 42.4 Å². The lowest BCUT2D eigenvalue weighted by Gasteiger charge is -2.22. The third kappa shape index (κ3) is 4.18. The van der Waals surface area contributed by atoms with E-state index in [1.54, 1.807) is 12.4 Å². The number of pyridine rings is 2. The van der Waals surface area contributed by atoms with E-state index in [0.29, 0.717) is 11.9 Å². The average molecular weight is 352 g/mol. The smallest absolute Gasteiger partial charge is 0.132 e. The fraction of sp³-hybridized carbons (Fsp3) is 0.316. The normalized spacial score (nSPS) is 15.5. The monoisotopic (exact) mass is 352 g/mol. The summed E-state index contributed by atoms with van der Waals surface area (Å²) >= 11 is 0. The quantitative estimate of drug-likeness (QED) is 0.595. The van der Waals surface area contributed by atoms with Crippen molar-refractivity contribution in [2.24, 2.45) is 0 Å². The highest BCUT2D eigenvalue weighted by molar-refractivity contribution is 6.08. The molecule has 3 heterocycles. The highest BCUT2D eigenvalue weighted by atomic mass is 16.5. The molecule has 0 aromatic carbocycles. The molecule has 7 heteroatoms. The number of nitrogens with zero attached hydrogens (tertiary/aromatic N) is 2. The molecule has 3 rings (SSSR count). The largest absolute Gasteiger partial charge is 0.387 e. The van der Waals surface area contributed by atoms with E-state index in [4.69, 9.17) is 15.9 Å². The van der Waals surface area contributed by atoms with Crippen LogP contribution in [0.4, 0.5) is 11.5 Å². The van der Waals surface area contributed by atoms with Gasteiger partial charge in [0.25, 0.3) is 0 Å². The first kappa shape index (κ1) is 17.9. The van der Waals surface area contributed by atoms with Crippen LogP contribution in [0.5, 0.6) is 0 Å². The summed E-state index contributed by atoms with van der Waals surface area (Å²) in [6, 6.07) is 6.13. The molecule has 26 heavy (non-hydrogen) atoms. The molecule has 1 aliphatic rings. The summed E-state index contributed by atoms with van der Waals surface area (Å²) < 4.78 is 5.37. The minimum Gasteiger partial charge on any atom is -0.387 e. The molecule has 0 atom stereocenters. The number of nitrogens with one attached hydrogen (secondary N) is 3. The van der Waals surface area contributed by atoms with E-state index in [9.17, 15) is 0 Å². The number of nitrogens with two attached hydrogens (primary N) is 1. The van der Waals surface area contributed by atoms with E-state index in [0.717, 1.165) is 54.1 Å². The lowest BCUT2D eigenvalue weighted by Crippen LogP contribution is -2.31. The van der Waals surface area contributed by atoms with Crippen molar-refractivity contribution >= 4 is 23.3 Å². The summed E-state index contributed by atoms with van der Waals surface area (Å²) in [5, 5.41) is 14.2. The van der Waals surface area contributed by atoms with Gasteiger partial charge in [0, 0.05) is 61.6 Å². The molecular formula is C19H24N6O. The summed E-state index contributed by atoms with van der Waals surface area (Å²) in [4.78, 5) is 8.73. The number of rotatable bonds is 6. The Bertz CT molecular complexity index is 781. The van der Waals surface area contributed by atoms with Crippen LogP contribution in [0.2, 0.25) is 0 Å². The molecule has 1 saturated heterocycles. The van der Waals surface area contributed by atoms with Gasteiger partial charge in [0.2, 0.25) is 0 Å². The van der Waals surface area contributed by atoms with Crippen molar-refractivity contribution in [1.29, 1.82) is 5.41 Å². The standard InChI is InChI=1S/C19H24N6O/c1-22-16-2-3-18(24-12-16)17-8-13(10-25-19(17)21)14(9-20)11-23-15-4-6-26-7-5-15/h2-3,8-12,15,20,22-23H,4-7H2,1H3,(H2,21,25)/b14-11+,20-9?. The van der Waals surface area contributed by atoms with Crippen molar-refractivity contribution in [2.75, 3.05) is 31.3 Å². The number of hydrogen-bond acceptors (Lipinski definition) is 7. The van der Waals surface area contributed by atoms with Crippen LogP contribution in [0.25, 0.3) is 16.8 Å². The van der Waals surface area contributed by atoms with Crippen LogP contribution >= 0.6 is 0 Å². The summed E-state index contributed by atoms with van der Waals surface area (Å²) in [7, 11) is 1.85. The van der Waals surface area contributed by atoms with Gasteiger partial charge in [-0.3, -0.25) is 4.98 Å². The van der Waals surface area contributed by atoms with Crippen LogP contribution in [0.3, 0.4) is 0 Å². The second kappa shape index (κ2) is 8.44. The number of nitrogen functional groups attached to an aromatic ring is 1. The van der Waals surface area contributed by atoms with Crippen LogP contribution in [-0.4, -0.2) is 42.5 Å². The van der Waals surface area contributed by atoms with Gasteiger partial charge in [-0.05, 0) is 31.0 Å². The molecule has 1 aliphatic heterocycles. The minimum atomic E-state index is 0.371. The predicted octanol–water partition coefficient (Wildman–Crippen LogP) is 2.53. The van der Waals surface area contributed by atoms with Crippen LogP contribution in [0.1, 0.15) is 18.4 Å². The average Bonchev–Trinajstić information content (AvgIpc) is 2.70. The summed E-state index contributed by atoms with van der Waals surface area (Å²) in [5.41, 5.74) is 10.1. The highest BCUT2D eigenvalue weighted by Gasteiger charge is 2.13. The predicted molar refractivity (Wildman–Crippen MR) is 105 cm³/mol. The highest BCUT2D eigenvalue weighted by Crippen LogP contribution is 2.26. The van der Waals surface area contributed by atoms with Crippen molar-refractivity contribution < 1.29 is 4.74 Å². The van der Waals surface area contributed by atoms with Crippen LogP contribution in [0.15, 0.2) is 36.8 Å². The van der Waals surface area contributed by atoms with Gasteiger partial charge in [0.05, 0.1) is 17.6 Å². The first-order valence-electron chi connectivity index (χ1n) is 8.65. The summed E-state index contributed by atoms with van der Waals surface area (Å²) in [5.74, 6) is 0.417. The van der Waals surface area contributed by atoms with Crippen molar-refractivity contribution in [1.82, 2.24) is 15.3 Å². The Morgan fingerprint density at radius 1 is 1.27 bits per heavy atom. The zero-order valence-corrected chi connectivity index (χ0v) is 14.8. The molecule has 5 N–H and O–H groups in total. The molecule has 0 amide bonds. The fourth-order valence-electron chi connectivity index (χ4n) is 2.82. The second-order valence-corrected chi connectivity index (χ2v) is 6.14. The van der Waals surface area contributed by atoms with E-state index < -0.39 is 0 Å². The molecule has 0 saturated carbocycles. The molecule has 0 bridgehead atoms. The molecule has 2 aromatic rings. The maximum atomic E-state index is 7.76. The van der Waals surface area contributed by atoms with Gasteiger partial charge >= 0.3 is 0 Å². The topological polar surface area (TPSA) is 109 Å². The number of ether oxygens (including phenoxy) is 1. The van der Waals surface area contributed by atoms with Crippen molar-refractivity contribution in [2.45, 2.75) is 18.9 Å². The van der Waals surface area contributed by atoms with Crippen molar-refractivity contribution in [3.8, 4) is 11.3 Å². The number of allylic oxidation sites excluding steroid dienone is 1. The van der Waals surface area contributed by atoms with Crippen LogP contribution in [0, 0.1) is 5.41 Å². The Morgan fingerprint density at radius 2 is 2.08 bits per heavy atom. The Kier molecular flexibility index (Phi) is 5.80.